The van der Waals surface area contributed by atoms with E-state index in [1.165, 1.54) is 12.1 Å². The molecule has 0 unspecified atom stereocenters. The molecule has 0 radical (unpaired) electrons. The van der Waals surface area contributed by atoms with Gasteiger partial charge in [-0.15, -0.1) is 13.2 Å². The van der Waals surface area contributed by atoms with E-state index in [0.717, 1.165) is 11.1 Å². The number of hydrogen-bond acceptors (Lipinski definition) is 2. The Kier molecular flexibility index (Phi) is 4.42. The van der Waals surface area contributed by atoms with E-state index < -0.39 is 6.36 Å². The topological polar surface area (TPSA) is 18.5 Å². The second-order valence-electron chi connectivity index (χ2n) is 3.92. The normalized spacial score (nSPS) is 11.2. The lowest BCUT2D eigenvalue weighted by atomic mass is 10.1. The lowest BCUT2D eigenvalue weighted by Crippen LogP contribution is -2.17. The van der Waals surface area contributed by atoms with Gasteiger partial charge in [0.15, 0.2) is 0 Å². The number of ether oxygens (including phenoxy) is 2. The van der Waals surface area contributed by atoms with Gasteiger partial charge in [0, 0.05) is 3.57 Å². The molecule has 2 nitrogen and oxygen atoms in total. The van der Waals surface area contributed by atoms with Crippen molar-refractivity contribution in [2.45, 2.75) is 6.36 Å². The van der Waals surface area contributed by atoms with Crippen molar-refractivity contribution >= 4 is 22.6 Å². The largest absolute Gasteiger partial charge is 0.573 e. The van der Waals surface area contributed by atoms with Crippen molar-refractivity contribution in [2.24, 2.45) is 0 Å². The van der Waals surface area contributed by atoms with Crippen LogP contribution in [0.1, 0.15) is 0 Å². The first kappa shape index (κ1) is 15.0. The van der Waals surface area contributed by atoms with Crippen LogP contribution < -0.4 is 9.47 Å². The average Bonchev–Trinajstić information content (AvgIpc) is 2.37. The van der Waals surface area contributed by atoms with Gasteiger partial charge in [-0.1, -0.05) is 12.1 Å². The van der Waals surface area contributed by atoms with Crippen LogP contribution in [0.2, 0.25) is 0 Å². The van der Waals surface area contributed by atoms with Crippen molar-refractivity contribution < 1.29 is 22.6 Å². The summed E-state index contributed by atoms with van der Waals surface area (Å²) in [5.41, 5.74) is 1.69. The summed E-state index contributed by atoms with van der Waals surface area (Å²) in [4.78, 5) is 0. The van der Waals surface area contributed by atoms with Gasteiger partial charge in [-0.05, 0) is 64.0 Å². The summed E-state index contributed by atoms with van der Waals surface area (Å²) in [5, 5.41) is 0. The van der Waals surface area contributed by atoms with Gasteiger partial charge in [-0.3, -0.25) is 0 Å². The van der Waals surface area contributed by atoms with E-state index in [1.54, 1.807) is 19.2 Å². The maximum absolute atomic E-state index is 12.2. The SMILES string of the molecule is COc1cccc(-c2ccc(OC(F)(F)F)cc2I)c1. The summed E-state index contributed by atoms with van der Waals surface area (Å²) in [6, 6.07) is 11.6. The maximum atomic E-state index is 12.2. The summed E-state index contributed by atoms with van der Waals surface area (Å²) in [5.74, 6) is 0.461. The van der Waals surface area contributed by atoms with Gasteiger partial charge in [0.25, 0.3) is 0 Å². The quantitative estimate of drug-likeness (QED) is 0.692. The third-order valence-corrected chi connectivity index (χ3v) is 3.45. The Morgan fingerprint density at radius 2 is 1.75 bits per heavy atom. The molecule has 0 aliphatic heterocycles. The maximum Gasteiger partial charge on any atom is 0.573 e. The smallest absolute Gasteiger partial charge is 0.497 e. The molecule has 106 valence electrons. The van der Waals surface area contributed by atoms with Gasteiger partial charge < -0.3 is 9.47 Å². The van der Waals surface area contributed by atoms with Crippen LogP contribution in [0.3, 0.4) is 0 Å². The van der Waals surface area contributed by atoms with Crippen LogP contribution in [-0.4, -0.2) is 13.5 Å². The van der Waals surface area contributed by atoms with Gasteiger partial charge >= 0.3 is 6.36 Å². The van der Waals surface area contributed by atoms with Crippen molar-refractivity contribution in [1.29, 1.82) is 0 Å². The fourth-order valence-corrected chi connectivity index (χ4v) is 2.52. The van der Waals surface area contributed by atoms with Crippen LogP contribution in [0.5, 0.6) is 11.5 Å². The fraction of sp³-hybridized carbons (Fsp3) is 0.143. The summed E-state index contributed by atoms with van der Waals surface area (Å²) in [6.07, 6.45) is -4.68. The Labute approximate surface area is 127 Å². The fourth-order valence-electron chi connectivity index (χ4n) is 1.72. The molecular weight excluding hydrogens is 384 g/mol. The van der Waals surface area contributed by atoms with Crippen molar-refractivity contribution in [3.63, 3.8) is 0 Å². The minimum atomic E-state index is -4.68. The second kappa shape index (κ2) is 5.90. The molecular formula is C14H10F3IO2. The minimum absolute atomic E-state index is 0.228. The van der Waals surface area contributed by atoms with Crippen LogP contribution >= 0.6 is 22.6 Å². The van der Waals surface area contributed by atoms with Crippen molar-refractivity contribution in [3.8, 4) is 22.6 Å². The van der Waals surface area contributed by atoms with Gasteiger partial charge in [0.2, 0.25) is 0 Å². The Hall–Kier alpha value is -1.44. The lowest BCUT2D eigenvalue weighted by Gasteiger charge is -2.11. The molecule has 0 N–H and O–H groups in total. The zero-order valence-electron chi connectivity index (χ0n) is 10.4. The molecule has 2 rings (SSSR count). The molecule has 6 heteroatoms. The number of hydrogen-bond donors (Lipinski definition) is 0. The molecule has 0 heterocycles. The predicted molar refractivity (Wildman–Crippen MR) is 77.8 cm³/mol. The van der Waals surface area contributed by atoms with Crippen molar-refractivity contribution in [2.75, 3.05) is 7.11 Å². The lowest BCUT2D eigenvalue weighted by molar-refractivity contribution is -0.274. The molecule has 0 atom stereocenters. The van der Waals surface area contributed by atoms with E-state index in [2.05, 4.69) is 4.74 Å². The van der Waals surface area contributed by atoms with Crippen LogP contribution in [0.4, 0.5) is 13.2 Å². The molecule has 0 spiro atoms. The Bertz CT molecular complexity index is 612. The number of benzene rings is 2. The number of rotatable bonds is 3. The molecule has 0 bridgehead atoms. The Balaban J connectivity index is 2.34. The molecule has 0 saturated carbocycles. The highest BCUT2D eigenvalue weighted by atomic mass is 127. The van der Waals surface area contributed by atoms with E-state index in [4.69, 9.17) is 4.74 Å². The molecule has 0 amide bonds. The zero-order valence-corrected chi connectivity index (χ0v) is 12.5. The van der Waals surface area contributed by atoms with E-state index >= 15 is 0 Å². The standard InChI is InChI=1S/C14H10F3IO2/c1-19-10-4-2-3-9(7-10)12-6-5-11(8-13(12)18)20-14(15,16)17/h2-8H,1H3. The van der Waals surface area contributed by atoms with Crippen molar-refractivity contribution in [1.82, 2.24) is 0 Å². The summed E-state index contributed by atoms with van der Waals surface area (Å²) in [7, 11) is 1.56. The molecule has 0 aromatic heterocycles. The molecule has 2 aromatic carbocycles. The zero-order chi connectivity index (χ0) is 14.8. The monoisotopic (exact) mass is 394 g/mol. The molecule has 0 aliphatic rings. The van der Waals surface area contributed by atoms with Crippen LogP contribution in [-0.2, 0) is 0 Å². The highest BCUT2D eigenvalue weighted by molar-refractivity contribution is 14.1. The van der Waals surface area contributed by atoms with Crippen LogP contribution in [0, 0.1) is 3.57 Å². The van der Waals surface area contributed by atoms with Crippen LogP contribution in [0.15, 0.2) is 42.5 Å². The number of methoxy groups -OCH3 is 1. The highest BCUT2D eigenvalue weighted by Gasteiger charge is 2.31. The van der Waals surface area contributed by atoms with Gasteiger partial charge in [0.1, 0.15) is 11.5 Å². The van der Waals surface area contributed by atoms with Crippen LogP contribution in [0.25, 0.3) is 11.1 Å². The molecule has 2 aromatic rings. The van der Waals surface area contributed by atoms with E-state index in [-0.39, 0.29) is 5.75 Å². The van der Waals surface area contributed by atoms with E-state index in [9.17, 15) is 13.2 Å². The van der Waals surface area contributed by atoms with E-state index in [0.29, 0.717) is 9.32 Å². The van der Waals surface area contributed by atoms with Gasteiger partial charge in [-0.2, -0.15) is 0 Å². The molecule has 0 saturated heterocycles. The Morgan fingerprint density at radius 3 is 2.35 bits per heavy atom. The number of alkyl halides is 3. The summed E-state index contributed by atoms with van der Waals surface area (Å²) in [6.45, 7) is 0. The molecule has 20 heavy (non-hydrogen) atoms. The minimum Gasteiger partial charge on any atom is -0.497 e. The predicted octanol–water partition coefficient (Wildman–Crippen LogP) is 4.87. The average molecular weight is 394 g/mol. The third-order valence-electron chi connectivity index (χ3n) is 2.55. The van der Waals surface area contributed by atoms with Gasteiger partial charge in [-0.25, -0.2) is 0 Å². The Morgan fingerprint density at radius 1 is 1.00 bits per heavy atom. The molecule has 0 fully saturated rings. The first-order valence-electron chi connectivity index (χ1n) is 5.59. The van der Waals surface area contributed by atoms with Crippen molar-refractivity contribution in [3.05, 3.63) is 46.0 Å². The summed E-state index contributed by atoms with van der Waals surface area (Å²) >= 11 is 1.98. The first-order chi connectivity index (χ1) is 9.39. The van der Waals surface area contributed by atoms with E-state index in [1.807, 2.05) is 40.8 Å². The second-order valence-corrected chi connectivity index (χ2v) is 5.08. The summed E-state index contributed by atoms with van der Waals surface area (Å²) < 4.78 is 46.1. The number of halogens is 4. The first-order valence-corrected chi connectivity index (χ1v) is 6.66. The van der Waals surface area contributed by atoms with Gasteiger partial charge in [0.05, 0.1) is 7.11 Å². The highest BCUT2D eigenvalue weighted by Crippen LogP contribution is 2.32. The molecule has 0 aliphatic carbocycles. The third kappa shape index (κ3) is 3.78.